The molecule has 0 bridgehead atoms. The molecule has 1 amide bonds. The Labute approximate surface area is 93.2 Å². The van der Waals surface area contributed by atoms with Gasteiger partial charge in [0.1, 0.15) is 12.4 Å². The molecule has 0 aromatic carbocycles. The number of H-pyrrole nitrogens is 1. The second kappa shape index (κ2) is 5.19. The molecule has 0 saturated carbocycles. The fourth-order valence-corrected chi connectivity index (χ4v) is 1.44. The van der Waals surface area contributed by atoms with Crippen molar-refractivity contribution >= 4 is 17.7 Å². The second-order valence-corrected chi connectivity index (χ2v) is 3.83. The first-order valence-electron chi connectivity index (χ1n) is 4.22. The standard InChI is InChI=1S/C7H9F3N4OS/c1-4-12-6(14-13-4)16-2-5(15)11-3-7(8,9)10/h2-3H2,1H3,(H,11,15)(H,12,13,14). The number of amides is 1. The maximum absolute atomic E-state index is 11.7. The van der Waals surface area contributed by atoms with Crippen LogP contribution in [-0.4, -0.2) is 39.6 Å². The van der Waals surface area contributed by atoms with Crippen molar-refractivity contribution in [3.8, 4) is 0 Å². The Bertz CT molecular complexity index is 365. The van der Waals surface area contributed by atoms with E-state index in [9.17, 15) is 18.0 Å². The van der Waals surface area contributed by atoms with Gasteiger partial charge in [-0.3, -0.25) is 9.89 Å². The number of rotatable bonds is 4. The van der Waals surface area contributed by atoms with E-state index in [1.807, 2.05) is 0 Å². The highest BCUT2D eigenvalue weighted by atomic mass is 32.2. The number of alkyl halides is 3. The van der Waals surface area contributed by atoms with Gasteiger partial charge in [-0.15, -0.1) is 5.10 Å². The number of thioether (sulfide) groups is 1. The third-order valence-electron chi connectivity index (χ3n) is 1.40. The highest BCUT2D eigenvalue weighted by Crippen LogP contribution is 2.13. The van der Waals surface area contributed by atoms with Crippen molar-refractivity contribution in [1.29, 1.82) is 0 Å². The monoisotopic (exact) mass is 254 g/mol. The zero-order chi connectivity index (χ0) is 12.2. The lowest BCUT2D eigenvalue weighted by atomic mass is 10.6. The van der Waals surface area contributed by atoms with E-state index in [-0.39, 0.29) is 5.75 Å². The molecule has 0 saturated heterocycles. The van der Waals surface area contributed by atoms with Crippen LogP contribution >= 0.6 is 11.8 Å². The van der Waals surface area contributed by atoms with Crippen molar-refractivity contribution in [1.82, 2.24) is 20.5 Å². The number of hydrogen-bond acceptors (Lipinski definition) is 4. The largest absolute Gasteiger partial charge is 0.405 e. The number of carbonyl (C=O) groups is 1. The number of hydrogen-bond donors (Lipinski definition) is 2. The Morgan fingerprint density at radius 3 is 2.75 bits per heavy atom. The number of aromatic nitrogens is 3. The van der Waals surface area contributed by atoms with E-state index in [1.54, 1.807) is 12.2 Å². The molecule has 0 radical (unpaired) electrons. The van der Waals surface area contributed by atoms with Gasteiger partial charge in [-0.2, -0.15) is 13.2 Å². The summed E-state index contributed by atoms with van der Waals surface area (Å²) in [4.78, 5) is 14.9. The molecule has 1 heterocycles. The minimum Gasteiger partial charge on any atom is -0.346 e. The molecule has 0 unspecified atom stereocenters. The van der Waals surface area contributed by atoms with E-state index in [2.05, 4.69) is 15.2 Å². The molecule has 0 spiro atoms. The normalized spacial score (nSPS) is 11.5. The molecule has 0 atom stereocenters. The van der Waals surface area contributed by atoms with E-state index < -0.39 is 18.6 Å². The van der Waals surface area contributed by atoms with E-state index in [1.165, 1.54) is 0 Å². The minimum absolute atomic E-state index is 0.145. The summed E-state index contributed by atoms with van der Waals surface area (Å²) in [7, 11) is 0. The number of aromatic amines is 1. The average molecular weight is 254 g/mol. The number of halogens is 3. The van der Waals surface area contributed by atoms with Crippen LogP contribution in [0.3, 0.4) is 0 Å². The van der Waals surface area contributed by atoms with Crippen molar-refractivity contribution in [3.05, 3.63) is 5.82 Å². The average Bonchev–Trinajstić information content (AvgIpc) is 2.57. The molecular weight excluding hydrogens is 245 g/mol. The van der Waals surface area contributed by atoms with Crippen molar-refractivity contribution < 1.29 is 18.0 Å². The lowest BCUT2D eigenvalue weighted by Gasteiger charge is -2.06. The van der Waals surface area contributed by atoms with Crippen LogP contribution in [-0.2, 0) is 4.79 Å². The van der Waals surface area contributed by atoms with E-state index >= 15 is 0 Å². The van der Waals surface area contributed by atoms with Crippen LogP contribution in [0.2, 0.25) is 0 Å². The zero-order valence-electron chi connectivity index (χ0n) is 8.26. The molecule has 1 rings (SSSR count). The first-order valence-corrected chi connectivity index (χ1v) is 5.20. The van der Waals surface area contributed by atoms with E-state index in [0.29, 0.717) is 11.0 Å². The van der Waals surface area contributed by atoms with Gasteiger partial charge in [0.25, 0.3) is 0 Å². The summed E-state index contributed by atoms with van der Waals surface area (Å²) in [6.07, 6.45) is -4.39. The molecule has 90 valence electrons. The van der Waals surface area contributed by atoms with Gasteiger partial charge in [0.15, 0.2) is 0 Å². The van der Waals surface area contributed by atoms with Gasteiger partial charge in [0, 0.05) is 0 Å². The van der Waals surface area contributed by atoms with Crippen LogP contribution in [0, 0.1) is 6.92 Å². The van der Waals surface area contributed by atoms with Gasteiger partial charge in [-0.05, 0) is 6.92 Å². The molecule has 0 aliphatic heterocycles. The molecular formula is C7H9F3N4OS. The molecule has 0 fully saturated rings. The highest BCUT2D eigenvalue weighted by molar-refractivity contribution is 7.99. The van der Waals surface area contributed by atoms with E-state index in [0.717, 1.165) is 11.8 Å². The number of nitrogens with zero attached hydrogens (tertiary/aromatic N) is 2. The summed E-state index contributed by atoms with van der Waals surface area (Å²) >= 11 is 0.967. The van der Waals surface area contributed by atoms with Crippen molar-refractivity contribution in [2.24, 2.45) is 0 Å². The molecule has 9 heteroatoms. The minimum atomic E-state index is -4.39. The maximum Gasteiger partial charge on any atom is 0.405 e. The lowest BCUT2D eigenvalue weighted by molar-refractivity contribution is -0.136. The molecule has 0 aliphatic carbocycles. The summed E-state index contributed by atoms with van der Waals surface area (Å²) in [5, 5.41) is 8.36. The van der Waals surface area contributed by atoms with Crippen LogP contribution in [0.4, 0.5) is 13.2 Å². The van der Waals surface area contributed by atoms with Crippen molar-refractivity contribution in [2.45, 2.75) is 18.3 Å². The maximum atomic E-state index is 11.7. The van der Waals surface area contributed by atoms with Crippen LogP contribution in [0.5, 0.6) is 0 Å². The fraction of sp³-hybridized carbons (Fsp3) is 0.571. The predicted octanol–water partition coefficient (Wildman–Crippen LogP) is 0.884. The third-order valence-corrected chi connectivity index (χ3v) is 2.24. The third kappa shape index (κ3) is 5.01. The Morgan fingerprint density at radius 1 is 1.56 bits per heavy atom. The smallest absolute Gasteiger partial charge is 0.346 e. The second-order valence-electron chi connectivity index (χ2n) is 2.88. The van der Waals surface area contributed by atoms with Crippen molar-refractivity contribution in [2.75, 3.05) is 12.3 Å². The van der Waals surface area contributed by atoms with Gasteiger partial charge in [-0.25, -0.2) is 4.98 Å². The molecule has 16 heavy (non-hydrogen) atoms. The van der Waals surface area contributed by atoms with Crippen LogP contribution in [0.1, 0.15) is 5.82 Å². The molecule has 1 aromatic rings. The summed E-state index contributed by atoms with van der Waals surface area (Å²) < 4.78 is 35.2. The number of aryl methyl sites for hydroxylation is 1. The first-order chi connectivity index (χ1) is 7.37. The summed E-state index contributed by atoms with van der Waals surface area (Å²) in [6.45, 7) is 0.361. The van der Waals surface area contributed by atoms with Crippen LogP contribution < -0.4 is 5.32 Å². The predicted molar refractivity (Wildman–Crippen MR) is 50.9 cm³/mol. The molecule has 2 N–H and O–H groups in total. The fourth-order valence-electron chi connectivity index (χ4n) is 0.767. The van der Waals surface area contributed by atoms with Gasteiger partial charge in [0.2, 0.25) is 11.1 Å². The first kappa shape index (κ1) is 12.8. The topological polar surface area (TPSA) is 70.7 Å². The Kier molecular flexibility index (Phi) is 4.16. The van der Waals surface area contributed by atoms with Gasteiger partial charge < -0.3 is 5.32 Å². The van der Waals surface area contributed by atoms with Gasteiger partial charge >= 0.3 is 6.18 Å². The number of nitrogens with one attached hydrogen (secondary N) is 2. The molecule has 1 aromatic heterocycles. The van der Waals surface area contributed by atoms with Crippen molar-refractivity contribution in [3.63, 3.8) is 0 Å². The molecule has 0 aliphatic rings. The van der Waals surface area contributed by atoms with Crippen LogP contribution in [0.15, 0.2) is 5.16 Å². The Balaban J connectivity index is 2.25. The summed E-state index contributed by atoms with van der Waals surface area (Å²) in [5.41, 5.74) is 0. The summed E-state index contributed by atoms with van der Waals surface area (Å²) in [6, 6.07) is 0. The lowest BCUT2D eigenvalue weighted by Crippen LogP contribution is -2.34. The Morgan fingerprint density at radius 2 is 2.25 bits per heavy atom. The zero-order valence-corrected chi connectivity index (χ0v) is 9.08. The molecule has 5 nitrogen and oxygen atoms in total. The number of carbonyl (C=O) groups excluding carboxylic acids is 1. The van der Waals surface area contributed by atoms with Gasteiger partial charge in [-0.1, -0.05) is 11.8 Å². The van der Waals surface area contributed by atoms with E-state index in [4.69, 9.17) is 0 Å². The highest BCUT2D eigenvalue weighted by Gasteiger charge is 2.27. The SMILES string of the molecule is Cc1nc(SCC(=O)NCC(F)(F)F)n[nH]1. The quantitative estimate of drug-likeness (QED) is 0.783. The summed E-state index contributed by atoms with van der Waals surface area (Å²) in [5.74, 6) is -0.268. The Hall–Kier alpha value is -1.25. The van der Waals surface area contributed by atoms with Gasteiger partial charge in [0.05, 0.1) is 5.75 Å². The van der Waals surface area contributed by atoms with Crippen LogP contribution in [0.25, 0.3) is 0 Å².